The molecule has 0 radical (unpaired) electrons. The topological polar surface area (TPSA) is 49.3 Å². The minimum absolute atomic E-state index is 0.112. The molecule has 0 spiro atoms. The lowest BCUT2D eigenvalue weighted by Crippen LogP contribution is -2.32. The Labute approximate surface area is 127 Å². The van der Waals surface area contributed by atoms with Gasteiger partial charge >= 0.3 is 0 Å². The van der Waals surface area contributed by atoms with Gasteiger partial charge in [0.2, 0.25) is 5.91 Å². The molecule has 2 N–H and O–H groups in total. The Morgan fingerprint density at radius 3 is 2.59 bits per heavy atom. The molecule has 2 unspecified atom stereocenters. The van der Waals surface area contributed by atoms with Crippen molar-refractivity contribution < 1.29 is 18.7 Å². The number of hydrogen-bond acceptors (Lipinski definition) is 2. The van der Waals surface area contributed by atoms with Crippen LogP contribution < -0.4 is 5.32 Å². The predicted octanol–water partition coefficient (Wildman–Crippen LogP) is 2.92. The quantitative estimate of drug-likeness (QED) is 0.892. The van der Waals surface area contributed by atoms with Gasteiger partial charge in [0.15, 0.2) is 0 Å². The molecule has 2 rings (SSSR count). The molecule has 3 nitrogen and oxygen atoms in total. The second-order valence-electron chi connectivity index (χ2n) is 5.06. The average Bonchev–Trinajstić information content (AvgIpc) is 2.52. The summed E-state index contributed by atoms with van der Waals surface area (Å²) in [6.45, 7) is 1.53. The van der Waals surface area contributed by atoms with Crippen molar-refractivity contribution in [2.45, 2.75) is 18.9 Å². The van der Waals surface area contributed by atoms with E-state index in [-0.39, 0.29) is 18.0 Å². The van der Waals surface area contributed by atoms with Gasteiger partial charge in [0.25, 0.3) is 0 Å². The number of halogens is 2. The molecule has 0 aliphatic carbocycles. The Kier molecular flexibility index (Phi) is 5.22. The highest BCUT2D eigenvalue weighted by Gasteiger charge is 2.18. The van der Waals surface area contributed by atoms with E-state index in [1.54, 1.807) is 19.1 Å². The molecule has 2 atom stereocenters. The van der Waals surface area contributed by atoms with E-state index in [0.29, 0.717) is 5.56 Å². The number of nitrogens with one attached hydrogen (secondary N) is 1. The molecule has 0 saturated heterocycles. The summed E-state index contributed by atoms with van der Waals surface area (Å²) in [6.07, 6.45) is -1.13. The zero-order valence-corrected chi connectivity index (χ0v) is 12.1. The van der Waals surface area contributed by atoms with Crippen LogP contribution in [0.25, 0.3) is 0 Å². The summed E-state index contributed by atoms with van der Waals surface area (Å²) in [5.41, 5.74) is 0.666. The highest BCUT2D eigenvalue weighted by molar-refractivity contribution is 5.83. The van der Waals surface area contributed by atoms with E-state index >= 15 is 0 Å². The first-order valence-electron chi connectivity index (χ1n) is 6.94. The van der Waals surface area contributed by atoms with Gasteiger partial charge in [-0.15, -0.1) is 0 Å². The summed E-state index contributed by atoms with van der Waals surface area (Å²) in [5, 5.41) is 12.5. The number of amides is 1. The fraction of sp³-hybridized carbons (Fsp3) is 0.235. The van der Waals surface area contributed by atoms with Gasteiger partial charge in [0.1, 0.15) is 11.6 Å². The van der Waals surface area contributed by atoms with Crippen LogP contribution in [-0.2, 0) is 4.79 Å². The zero-order chi connectivity index (χ0) is 16.1. The molecule has 0 aliphatic rings. The van der Waals surface area contributed by atoms with Crippen molar-refractivity contribution in [1.82, 2.24) is 5.32 Å². The zero-order valence-electron chi connectivity index (χ0n) is 12.1. The molecule has 0 saturated carbocycles. The minimum Gasteiger partial charge on any atom is -0.386 e. The van der Waals surface area contributed by atoms with Crippen molar-refractivity contribution in [2.75, 3.05) is 6.54 Å². The lowest BCUT2D eigenvalue weighted by atomic mass is 10.00. The fourth-order valence-electron chi connectivity index (χ4n) is 2.13. The Bertz CT molecular complexity index is 661. The first-order valence-corrected chi connectivity index (χ1v) is 6.94. The molecule has 22 heavy (non-hydrogen) atoms. The van der Waals surface area contributed by atoms with Crippen LogP contribution in [0.2, 0.25) is 0 Å². The van der Waals surface area contributed by atoms with Crippen LogP contribution in [0.3, 0.4) is 0 Å². The monoisotopic (exact) mass is 305 g/mol. The molecule has 116 valence electrons. The van der Waals surface area contributed by atoms with Gasteiger partial charge in [-0.2, -0.15) is 0 Å². The van der Waals surface area contributed by atoms with Crippen molar-refractivity contribution >= 4 is 5.91 Å². The number of aliphatic hydroxyl groups excluding tert-OH is 1. The summed E-state index contributed by atoms with van der Waals surface area (Å²) < 4.78 is 26.7. The maximum Gasteiger partial charge on any atom is 0.227 e. The first-order chi connectivity index (χ1) is 10.5. The van der Waals surface area contributed by atoms with Crippen LogP contribution in [0.15, 0.2) is 48.5 Å². The molecule has 2 aromatic carbocycles. The molecule has 0 heterocycles. The summed E-state index contributed by atoms with van der Waals surface area (Å²) in [4.78, 5) is 12.0. The number of carbonyl (C=O) groups excluding carboxylic acids is 1. The Hall–Kier alpha value is -2.27. The van der Waals surface area contributed by atoms with E-state index < -0.39 is 23.7 Å². The second-order valence-corrected chi connectivity index (χ2v) is 5.06. The van der Waals surface area contributed by atoms with E-state index in [9.17, 15) is 18.7 Å². The van der Waals surface area contributed by atoms with Gasteiger partial charge in [0, 0.05) is 12.1 Å². The molecule has 0 aromatic heterocycles. The average molecular weight is 305 g/mol. The van der Waals surface area contributed by atoms with E-state index in [0.717, 1.165) is 0 Å². The summed E-state index contributed by atoms with van der Waals surface area (Å²) in [7, 11) is 0. The molecular weight excluding hydrogens is 288 g/mol. The molecule has 2 aromatic rings. The fourth-order valence-corrected chi connectivity index (χ4v) is 2.13. The number of benzene rings is 2. The lowest BCUT2D eigenvalue weighted by molar-refractivity contribution is -0.122. The maximum atomic E-state index is 13.5. The van der Waals surface area contributed by atoms with E-state index in [2.05, 4.69) is 5.32 Å². The third-order valence-electron chi connectivity index (χ3n) is 3.48. The third-order valence-corrected chi connectivity index (χ3v) is 3.48. The van der Waals surface area contributed by atoms with Crippen molar-refractivity contribution in [1.29, 1.82) is 0 Å². The number of rotatable bonds is 5. The molecule has 0 fully saturated rings. The SMILES string of the molecule is CC(C(=O)NCC(O)c1ccccc1F)c1cccc(F)c1. The summed E-state index contributed by atoms with van der Waals surface area (Å²) >= 11 is 0. The Balaban J connectivity index is 1.96. The number of carbonyl (C=O) groups is 1. The minimum atomic E-state index is -1.13. The molecule has 1 amide bonds. The van der Waals surface area contributed by atoms with Gasteiger partial charge in [-0.25, -0.2) is 8.78 Å². The summed E-state index contributed by atoms with van der Waals surface area (Å²) in [6, 6.07) is 11.6. The molecule has 0 aliphatic heterocycles. The van der Waals surface area contributed by atoms with Crippen LogP contribution in [-0.4, -0.2) is 17.6 Å². The largest absolute Gasteiger partial charge is 0.386 e. The Morgan fingerprint density at radius 1 is 1.18 bits per heavy atom. The van der Waals surface area contributed by atoms with Crippen LogP contribution in [0.1, 0.15) is 30.1 Å². The normalized spacial score (nSPS) is 13.5. The second kappa shape index (κ2) is 7.13. The van der Waals surface area contributed by atoms with Gasteiger partial charge < -0.3 is 10.4 Å². The lowest BCUT2D eigenvalue weighted by Gasteiger charge is -2.16. The van der Waals surface area contributed by atoms with Gasteiger partial charge in [0.05, 0.1) is 12.0 Å². The smallest absolute Gasteiger partial charge is 0.227 e. The highest BCUT2D eigenvalue weighted by atomic mass is 19.1. The van der Waals surface area contributed by atoms with Crippen LogP contribution in [0.4, 0.5) is 8.78 Å². The van der Waals surface area contributed by atoms with E-state index in [1.807, 2.05) is 0 Å². The standard InChI is InChI=1S/C17H17F2NO2/c1-11(12-5-4-6-13(18)9-12)17(22)20-10-16(21)14-7-2-3-8-15(14)19/h2-9,11,16,21H,10H2,1H3,(H,20,22). The van der Waals surface area contributed by atoms with Gasteiger partial charge in [-0.3, -0.25) is 4.79 Å². The maximum absolute atomic E-state index is 13.5. The van der Waals surface area contributed by atoms with Crippen molar-refractivity contribution in [3.8, 4) is 0 Å². The highest BCUT2D eigenvalue weighted by Crippen LogP contribution is 2.18. The van der Waals surface area contributed by atoms with Crippen LogP contribution >= 0.6 is 0 Å². The number of aliphatic hydroxyl groups is 1. The van der Waals surface area contributed by atoms with Gasteiger partial charge in [-0.1, -0.05) is 30.3 Å². The van der Waals surface area contributed by atoms with E-state index in [1.165, 1.54) is 36.4 Å². The Morgan fingerprint density at radius 2 is 1.91 bits per heavy atom. The van der Waals surface area contributed by atoms with E-state index in [4.69, 9.17) is 0 Å². The van der Waals surface area contributed by atoms with Crippen molar-refractivity contribution in [2.24, 2.45) is 0 Å². The van der Waals surface area contributed by atoms with Crippen LogP contribution in [0, 0.1) is 11.6 Å². The van der Waals surface area contributed by atoms with Crippen molar-refractivity contribution in [3.05, 3.63) is 71.3 Å². The molecular formula is C17H17F2NO2. The molecule has 0 bridgehead atoms. The molecule has 5 heteroatoms. The van der Waals surface area contributed by atoms with Gasteiger partial charge in [-0.05, 0) is 30.7 Å². The van der Waals surface area contributed by atoms with Crippen molar-refractivity contribution in [3.63, 3.8) is 0 Å². The number of hydrogen-bond donors (Lipinski definition) is 2. The predicted molar refractivity (Wildman–Crippen MR) is 79.2 cm³/mol. The van der Waals surface area contributed by atoms with Crippen LogP contribution in [0.5, 0.6) is 0 Å². The first kappa shape index (κ1) is 16.1. The third kappa shape index (κ3) is 3.89. The summed E-state index contributed by atoms with van der Waals surface area (Å²) in [5.74, 6) is -1.87.